The molecule has 0 bridgehead atoms. The van der Waals surface area contributed by atoms with E-state index in [1.807, 2.05) is 6.08 Å². The summed E-state index contributed by atoms with van der Waals surface area (Å²) in [4.78, 5) is 14.8. The lowest BCUT2D eigenvalue weighted by Gasteiger charge is -2.27. The highest BCUT2D eigenvalue weighted by atomic mass is 19.1. The number of anilines is 3. The van der Waals surface area contributed by atoms with Crippen LogP contribution in [0.5, 0.6) is 0 Å². The minimum Gasteiger partial charge on any atom is -0.379 e. The average molecular weight is 481 g/mol. The quantitative estimate of drug-likeness (QED) is 0.430. The lowest BCUT2D eigenvalue weighted by Crippen LogP contribution is -2.35. The van der Waals surface area contributed by atoms with Crippen molar-refractivity contribution in [1.29, 1.82) is 0 Å². The maximum Gasteiger partial charge on any atom is 0.323 e. The summed E-state index contributed by atoms with van der Waals surface area (Å²) in [5, 5.41) is 15.2. The molecule has 35 heavy (non-hydrogen) atoms. The molecule has 2 aliphatic heterocycles. The molecule has 182 valence electrons. The minimum absolute atomic E-state index is 0.380. The Morgan fingerprint density at radius 1 is 1.11 bits per heavy atom. The Labute approximate surface area is 201 Å². The summed E-state index contributed by atoms with van der Waals surface area (Å²) in [6.45, 7) is 4.31. The molecule has 0 atom stereocenters. The number of aromatic amines is 1. The minimum atomic E-state index is -0.856. The monoisotopic (exact) mass is 480 g/mol. The molecule has 10 heteroatoms. The Morgan fingerprint density at radius 3 is 2.71 bits per heavy atom. The second-order valence-electron chi connectivity index (χ2n) is 8.50. The van der Waals surface area contributed by atoms with Crippen LogP contribution in [0.3, 0.4) is 0 Å². The molecule has 5 rings (SSSR count). The molecule has 0 aliphatic carbocycles. The number of allylic oxidation sites excluding steroid dienone is 1. The molecule has 1 fully saturated rings. The van der Waals surface area contributed by atoms with Gasteiger partial charge >= 0.3 is 6.03 Å². The lowest BCUT2D eigenvalue weighted by atomic mass is 10.0. The zero-order valence-electron chi connectivity index (χ0n) is 19.0. The average Bonchev–Trinajstić information content (AvgIpc) is 3.20. The number of morpholine rings is 1. The smallest absolute Gasteiger partial charge is 0.323 e. The number of ether oxygens (including phenoxy) is 1. The van der Waals surface area contributed by atoms with Gasteiger partial charge in [-0.25, -0.2) is 13.6 Å². The van der Waals surface area contributed by atoms with Crippen molar-refractivity contribution in [3.05, 3.63) is 77.1 Å². The number of amides is 2. The molecule has 0 unspecified atom stereocenters. The van der Waals surface area contributed by atoms with Crippen LogP contribution in [-0.4, -0.2) is 47.4 Å². The van der Waals surface area contributed by atoms with Crippen molar-refractivity contribution in [2.75, 3.05) is 42.3 Å². The van der Waals surface area contributed by atoms with E-state index in [9.17, 15) is 13.6 Å². The molecular weight excluding hydrogens is 454 g/mol. The number of carbonyl (C=O) groups is 1. The maximum absolute atomic E-state index is 13.9. The number of benzene rings is 2. The van der Waals surface area contributed by atoms with Crippen LogP contribution in [0.25, 0.3) is 5.70 Å². The van der Waals surface area contributed by atoms with Gasteiger partial charge < -0.3 is 20.7 Å². The number of rotatable bonds is 5. The van der Waals surface area contributed by atoms with Crippen molar-refractivity contribution >= 4 is 28.8 Å². The van der Waals surface area contributed by atoms with E-state index in [0.29, 0.717) is 11.4 Å². The molecule has 1 saturated heterocycles. The number of para-hydroxylation sites is 1. The molecular formula is C25H26F2N6O2. The Bertz CT molecular complexity index is 1230. The van der Waals surface area contributed by atoms with Crippen LogP contribution in [0, 0.1) is 11.6 Å². The summed E-state index contributed by atoms with van der Waals surface area (Å²) < 4.78 is 33.2. The summed E-state index contributed by atoms with van der Waals surface area (Å²) in [5.74, 6) is -1.71. The van der Waals surface area contributed by atoms with Crippen LogP contribution in [0.2, 0.25) is 0 Å². The molecule has 4 N–H and O–H groups in total. The predicted octanol–water partition coefficient (Wildman–Crippen LogP) is 4.56. The zero-order valence-corrected chi connectivity index (χ0v) is 19.0. The largest absolute Gasteiger partial charge is 0.379 e. The number of fused-ring (bicyclic) bond motifs is 1. The van der Waals surface area contributed by atoms with E-state index in [4.69, 9.17) is 4.74 Å². The summed E-state index contributed by atoms with van der Waals surface area (Å²) in [6, 6.07) is 9.03. The van der Waals surface area contributed by atoms with E-state index in [2.05, 4.69) is 49.2 Å². The molecule has 1 aromatic heterocycles. The van der Waals surface area contributed by atoms with Crippen molar-refractivity contribution in [3.63, 3.8) is 0 Å². The van der Waals surface area contributed by atoms with Gasteiger partial charge in [-0.2, -0.15) is 5.10 Å². The topological polar surface area (TPSA) is 94.3 Å². The van der Waals surface area contributed by atoms with Crippen LogP contribution in [0.15, 0.2) is 48.7 Å². The Balaban J connectivity index is 1.28. The second kappa shape index (κ2) is 10.2. The van der Waals surface area contributed by atoms with Crippen LogP contribution in [0.4, 0.5) is 30.6 Å². The number of carbonyl (C=O) groups excluding carboxylic acids is 1. The lowest BCUT2D eigenvalue weighted by molar-refractivity contribution is 0.0342. The van der Waals surface area contributed by atoms with Crippen molar-refractivity contribution in [1.82, 2.24) is 15.1 Å². The van der Waals surface area contributed by atoms with Crippen LogP contribution in [-0.2, 0) is 17.7 Å². The van der Waals surface area contributed by atoms with Gasteiger partial charge in [-0.15, -0.1) is 0 Å². The first-order valence-electron chi connectivity index (χ1n) is 11.5. The maximum atomic E-state index is 13.9. The first-order valence-corrected chi connectivity index (χ1v) is 11.5. The van der Waals surface area contributed by atoms with Crippen LogP contribution < -0.4 is 16.0 Å². The third-order valence-electron chi connectivity index (χ3n) is 6.07. The number of nitrogens with zero attached hydrogens (tertiary/aromatic N) is 2. The zero-order chi connectivity index (χ0) is 24.2. The third-order valence-corrected chi connectivity index (χ3v) is 6.07. The number of hydrogen-bond acceptors (Lipinski definition) is 5. The number of halogens is 2. The highest BCUT2D eigenvalue weighted by molar-refractivity contribution is 6.01. The first kappa shape index (κ1) is 23.0. The molecule has 0 radical (unpaired) electrons. The van der Waals surface area contributed by atoms with Gasteiger partial charge in [0.25, 0.3) is 0 Å². The second-order valence-corrected chi connectivity index (χ2v) is 8.50. The first-order chi connectivity index (χ1) is 17.1. The standard InChI is InChI=1S/C25H26F2N6O2/c26-18-4-2-5-19(27)23(18)31-25(34)30-22-14-28-32-24(22)21-6-1-3-17-13-16(7-8-20(17)29-21)15-33-9-11-35-12-10-33/h2,4-8,13-14,29H,1,3,9-12,15H2,(H,28,32)(H2,30,31,34). The van der Waals surface area contributed by atoms with Crippen molar-refractivity contribution in [2.45, 2.75) is 19.4 Å². The molecule has 3 aromatic rings. The number of hydrogen-bond donors (Lipinski definition) is 4. The summed E-state index contributed by atoms with van der Waals surface area (Å²) in [7, 11) is 0. The number of aromatic nitrogens is 2. The summed E-state index contributed by atoms with van der Waals surface area (Å²) in [5.41, 5.74) is 4.65. The van der Waals surface area contributed by atoms with Crippen molar-refractivity contribution in [3.8, 4) is 0 Å². The van der Waals surface area contributed by atoms with Crippen molar-refractivity contribution in [2.24, 2.45) is 0 Å². The molecule has 0 spiro atoms. The highest BCUT2D eigenvalue weighted by Gasteiger charge is 2.19. The highest BCUT2D eigenvalue weighted by Crippen LogP contribution is 2.31. The fourth-order valence-corrected chi connectivity index (χ4v) is 4.29. The third kappa shape index (κ3) is 5.33. The summed E-state index contributed by atoms with van der Waals surface area (Å²) >= 11 is 0. The SMILES string of the molecule is O=C(Nc1cn[nH]c1C1=CCCc2cc(CN3CCOCC3)ccc2N1)Nc1c(F)cccc1F. The van der Waals surface area contributed by atoms with Gasteiger partial charge in [0.05, 0.1) is 30.8 Å². The van der Waals surface area contributed by atoms with E-state index >= 15 is 0 Å². The number of aryl methyl sites for hydroxylation is 1. The molecule has 2 aromatic carbocycles. The fraction of sp³-hybridized carbons (Fsp3) is 0.280. The van der Waals surface area contributed by atoms with E-state index in [0.717, 1.165) is 69.2 Å². The van der Waals surface area contributed by atoms with Crippen molar-refractivity contribution < 1.29 is 18.3 Å². The number of urea groups is 1. The van der Waals surface area contributed by atoms with E-state index in [1.165, 1.54) is 23.4 Å². The molecule has 2 aliphatic rings. The van der Waals surface area contributed by atoms with E-state index < -0.39 is 23.4 Å². The number of nitrogens with one attached hydrogen (secondary N) is 4. The van der Waals surface area contributed by atoms with E-state index in [-0.39, 0.29) is 0 Å². The van der Waals surface area contributed by atoms with Gasteiger partial charge in [-0.3, -0.25) is 10.00 Å². The Morgan fingerprint density at radius 2 is 1.91 bits per heavy atom. The normalized spacial score (nSPS) is 16.0. The molecule has 0 saturated carbocycles. The van der Waals surface area contributed by atoms with Gasteiger partial charge in [-0.1, -0.05) is 24.3 Å². The van der Waals surface area contributed by atoms with E-state index in [1.54, 1.807) is 0 Å². The molecule has 8 nitrogen and oxygen atoms in total. The number of H-pyrrole nitrogens is 1. The fourth-order valence-electron chi connectivity index (χ4n) is 4.29. The summed E-state index contributed by atoms with van der Waals surface area (Å²) in [6.07, 6.45) is 5.15. The molecule has 2 amide bonds. The Kier molecular flexibility index (Phi) is 6.73. The van der Waals surface area contributed by atoms with Gasteiger partial charge in [0.1, 0.15) is 23.0 Å². The predicted molar refractivity (Wildman–Crippen MR) is 130 cm³/mol. The van der Waals surface area contributed by atoms with Gasteiger partial charge in [-0.05, 0) is 42.2 Å². The Hall–Kier alpha value is -3.76. The van der Waals surface area contributed by atoms with Gasteiger partial charge in [0.15, 0.2) is 0 Å². The molecule has 3 heterocycles. The van der Waals surface area contributed by atoms with Gasteiger partial charge in [0.2, 0.25) is 0 Å². The van der Waals surface area contributed by atoms with Crippen LogP contribution >= 0.6 is 0 Å². The van der Waals surface area contributed by atoms with Crippen LogP contribution in [0.1, 0.15) is 23.2 Å². The van der Waals surface area contributed by atoms with Gasteiger partial charge in [0, 0.05) is 25.3 Å².